The van der Waals surface area contributed by atoms with Gasteiger partial charge in [-0.05, 0) is 57.4 Å². The van der Waals surface area contributed by atoms with Crippen molar-refractivity contribution in [1.29, 1.82) is 0 Å². The Kier molecular flexibility index (Phi) is 6.33. The summed E-state index contributed by atoms with van der Waals surface area (Å²) >= 11 is 0. The molecule has 1 saturated carbocycles. The number of nitrogens with two attached hydrogens (primary N) is 1. The molecular formula is C19H25N5O4S. The first kappa shape index (κ1) is 21.0. The standard InChI is InChI=1S/C19H25N5O4S/c1-12(2)23-19(25)28-15-6-3-13(9-15)17-10-22-18(11-21-17)24-14-4-7-16(8-5-14)29(20,26)27/h4-5,7-8,10-13,15H,3,6,9H2,1-2H3,(H,22,24)(H,23,25)(H2,20,26,27)/t13-,15+/m1/s1. The van der Waals surface area contributed by atoms with E-state index < -0.39 is 10.0 Å². The zero-order valence-electron chi connectivity index (χ0n) is 16.3. The minimum atomic E-state index is -3.72. The van der Waals surface area contributed by atoms with Gasteiger partial charge in [0.1, 0.15) is 11.9 Å². The number of nitrogens with one attached hydrogen (secondary N) is 2. The number of ether oxygens (including phenoxy) is 1. The number of carbonyl (C=O) groups is 1. The number of hydrogen-bond donors (Lipinski definition) is 3. The van der Waals surface area contributed by atoms with Gasteiger partial charge in [0.25, 0.3) is 0 Å². The number of carbonyl (C=O) groups excluding carboxylic acids is 1. The molecule has 1 aliphatic carbocycles. The van der Waals surface area contributed by atoms with Crippen molar-refractivity contribution in [3.63, 3.8) is 0 Å². The molecule has 2 aromatic rings. The van der Waals surface area contributed by atoms with Crippen LogP contribution in [-0.4, -0.2) is 36.6 Å². The number of aromatic nitrogens is 2. The largest absolute Gasteiger partial charge is 0.446 e. The fourth-order valence-electron chi connectivity index (χ4n) is 3.23. The lowest BCUT2D eigenvalue weighted by molar-refractivity contribution is 0.0981. The summed E-state index contributed by atoms with van der Waals surface area (Å²) < 4.78 is 28.0. The summed E-state index contributed by atoms with van der Waals surface area (Å²) in [5.74, 6) is 0.738. The van der Waals surface area contributed by atoms with Crippen LogP contribution in [0.15, 0.2) is 41.6 Å². The van der Waals surface area contributed by atoms with Gasteiger partial charge in [-0.1, -0.05) is 0 Å². The summed E-state index contributed by atoms with van der Waals surface area (Å²) in [6.45, 7) is 3.77. The Hall–Kier alpha value is -2.72. The second-order valence-electron chi connectivity index (χ2n) is 7.36. The Labute approximate surface area is 170 Å². The van der Waals surface area contributed by atoms with Gasteiger partial charge in [-0.25, -0.2) is 23.3 Å². The lowest BCUT2D eigenvalue weighted by Gasteiger charge is -2.15. The molecule has 1 fully saturated rings. The van der Waals surface area contributed by atoms with E-state index in [0.717, 1.165) is 25.0 Å². The zero-order valence-corrected chi connectivity index (χ0v) is 17.1. The lowest BCUT2D eigenvalue weighted by atomic mass is 10.0. The molecule has 1 aliphatic rings. The first-order chi connectivity index (χ1) is 13.7. The predicted molar refractivity (Wildman–Crippen MR) is 108 cm³/mol. The van der Waals surface area contributed by atoms with E-state index in [4.69, 9.17) is 9.88 Å². The Bertz CT molecular complexity index is 946. The normalized spacial score (nSPS) is 19.2. The third-order valence-corrected chi connectivity index (χ3v) is 5.54. The number of nitrogens with zero attached hydrogens (tertiary/aromatic N) is 2. The number of amides is 1. The molecule has 156 valence electrons. The van der Waals surface area contributed by atoms with Crippen molar-refractivity contribution in [2.45, 2.75) is 56.1 Å². The minimum Gasteiger partial charge on any atom is -0.446 e. The van der Waals surface area contributed by atoms with E-state index >= 15 is 0 Å². The predicted octanol–water partition coefficient (Wildman–Crippen LogP) is 2.64. The van der Waals surface area contributed by atoms with Crippen molar-refractivity contribution in [2.75, 3.05) is 5.32 Å². The third-order valence-electron chi connectivity index (χ3n) is 4.61. The van der Waals surface area contributed by atoms with Crippen LogP contribution in [0.3, 0.4) is 0 Å². The molecular weight excluding hydrogens is 394 g/mol. The van der Waals surface area contributed by atoms with Crippen molar-refractivity contribution in [3.8, 4) is 0 Å². The van der Waals surface area contributed by atoms with Gasteiger partial charge in [0.2, 0.25) is 10.0 Å². The SMILES string of the molecule is CC(C)NC(=O)O[C@H]1CC[C@@H](c2cnc(Nc3ccc(S(N)(=O)=O)cc3)cn2)C1. The first-order valence-corrected chi connectivity index (χ1v) is 10.9. The van der Waals surface area contributed by atoms with E-state index in [-0.39, 0.29) is 29.1 Å². The highest BCUT2D eigenvalue weighted by molar-refractivity contribution is 7.89. The van der Waals surface area contributed by atoms with Crippen LogP contribution in [0, 0.1) is 0 Å². The Balaban J connectivity index is 1.56. The van der Waals surface area contributed by atoms with Crippen molar-refractivity contribution in [3.05, 3.63) is 42.4 Å². The highest BCUT2D eigenvalue weighted by Gasteiger charge is 2.29. The summed E-state index contributed by atoms with van der Waals surface area (Å²) in [4.78, 5) is 20.6. The maximum absolute atomic E-state index is 11.7. The van der Waals surface area contributed by atoms with Crippen LogP contribution in [0.1, 0.15) is 44.7 Å². The van der Waals surface area contributed by atoms with Gasteiger partial charge in [0.05, 0.1) is 23.0 Å². The molecule has 3 rings (SSSR count). The second kappa shape index (κ2) is 8.75. The van der Waals surface area contributed by atoms with Crippen LogP contribution >= 0.6 is 0 Å². The summed E-state index contributed by atoms with van der Waals surface area (Å²) in [6, 6.07) is 6.11. The summed E-state index contributed by atoms with van der Waals surface area (Å²) in [6.07, 6.45) is 5.25. The first-order valence-electron chi connectivity index (χ1n) is 9.39. The molecule has 0 bridgehead atoms. The molecule has 0 saturated heterocycles. The maximum atomic E-state index is 11.7. The van der Waals surface area contributed by atoms with E-state index in [1.807, 2.05) is 13.8 Å². The molecule has 29 heavy (non-hydrogen) atoms. The van der Waals surface area contributed by atoms with Gasteiger partial charge in [-0.2, -0.15) is 0 Å². The number of anilines is 2. The summed E-state index contributed by atoms with van der Waals surface area (Å²) in [5.41, 5.74) is 1.53. The molecule has 2 atom stereocenters. The van der Waals surface area contributed by atoms with E-state index in [1.54, 1.807) is 24.5 Å². The topological polar surface area (TPSA) is 136 Å². The lowest BCUT2D eigenvalue weighted by Crippen LogP contribution is -2.33. The molecule has 0 aliphatic heterocycles. The van der Waals surface area contributed by atoms with Gasteiger partial charge in [-0.15, -0.1) is 0 Å². The molecule has 0 unspecified atom stereocenters. The minimum absolute atomic E-state index is 0.0431. The van der Waals surface area contributed by atoms with E-state index in [2.05, 4.69) is 20.6 Å². The quantitative estimate of drug-likeness (QED) is 0.654. The van der Waals surface area contributed by atoms with E-state index in [1.165, 1.54) is 12.1 Å². The van der Waals surface area contributed by atoms with Gasteiger partial charge < -0.3 is 15.4 Å². The highest BCUT2D eigenvalue weighted by atomic mass is 32.2. The molecule has 0 spiro atoms. The van der Waals surface area contributed by atoms with Crippen LogP contribution in [0.2, 0.25) is 0 Å². The number of sulfonamides is 1. The monoisotopic (exact) mass is 419 g/mol. The van der Waals surface area contributed by atoms with Gasteiger partial charge in [0, 0.05) is 17.6 Å². The molecule has 4 N–H and O–H groups in total. The fraction of sp³-hybridized carbons (Fsp3) is 0.421. The van der Waals surface area contributed by atoms with Crippen LogP contribution in [0.25, 0.3) is 0 Å². The maximum Gasteiger partial charge on any atom is 0.407 e. The summed E-state index contributed by atoms with van der Waals surface area (Å²) in [5, 5.41) is 10.9. The summed E-state index contributed by atoms with van der Waals surface area (Å²) in [7, 11) is -3.72. The molecule has 0 radical (unpaired) electrons. The molecule has 1 heterocycles. The Morgan fingerprint density at radius 3 is 2.48 bits per heavy atom. The van der Waals surface area contributed by atoms with Crippen molar-refractivity contribution < 1.29 is 17.9 Å². The van der Waals surface area contributed by atoms with E-state index in [0.29, 0.717) is 11.5 Å². The fourth-order valence-corrected chi connectivity index (χ4v) is 3.74. The number of benzene rings is 1. The molecule has 1 aromatic carbocycles. The molecule has 9 nitrogen and oxygen atoms in total. The number of hydrogen-bond acceptors (Lipinski definition) is 7. The highest BCUT2D eigenvalue weighted by Crippen LogP contribution is 2.35. The smallest absolute Gasteiger partial charge is 0.407 e. The van der Waals surface area contributed by atoms with Crippen LogP contribution in [-0.2, 0) is 14.8 Å². The number of primary sulfonamides is 1. The second-order valence-corrected chi connectivity index (χ2v) is 8.92. The number of rotatable bonds is 6. The molecule has 10 heteroatoms. The Morgan fingerprint density at radius 2 is 1.90 bits per heavy atom. The van der Waals surface area contributed by atoms with Crippen LogP contribution in [0.4, 0.5) is 16.3 Å². The van der Waals surface area contributed by atoms with Crippen LogP contribution < -0.4 is 15.8 Å². The molecule has 1 amide bonds. The third kappa shape index (κ3) is 5.88. The Morgan fingerprint density at radius 1 is 1.17 bits per heavy atom. The van der Waals surface area contributed by atoms with Gasteiger partial charge in [-0.3, -0.25) is 4.98 Å². The average molecular weight is 420 g/mol. The van der Waals surface area contributed by atoms with Crippen molar-refractivity contribution in [1.82, 2.24) is 15.3 Å². The van der Waals surface area contributed by atoms with Gasteiger partial charge >= 0.3 is 6.09 Å². The van der Waals surface area contributed by atoms with E-state index in [9.17, 15) is 13.2 Å². The van der Waals surface area contributed by atoms with Crippen molar-refractivity contribution in [2.24, 2.45) is 5.14 Å². The van der Waals surface area contributed by atoms with Crippen LogP contribution in [0.5, 0.6) is 0 Å². The zero-order chi connectivity index (χ0) is 21.0. The van der Waals surface area contributed by atoms with Crippen molar-refractivity contribution >= 4 is 27.6 Å². The molecule has 1 aromatic heterocycles. The number of alkyl carbamates (subject to hydrolysis) is 1. The van der Waals surface area contributed by atoms with Gasteiger partial charge in [0.15, 0.2) is 0 Å². The average Bonchev–Trinajstić information content (AvgIpc) is 3.09.